The fourth-order valence-electron chi connectivity index (χ4n) is 4.37. The van der Waals surface area contributed by atoms with Crippen molar-refractivity contribution in [3.63, 3.8) is 0 Å². The summed E-state index contributed by atoms with van der Waals surface area (Å²) in [6.45, 7) is 1.30. The molecule has 38 heavy (non-hydrogen) atoms. The van der Waals surface area contributed by atoms with Crippen molar-refractivity contribution >= 4 is 23.4 Å². The first-order valence-electron chi connectivity index (χ1n) is 11.9. The van der Waals surface area contributed by atoms with E-state index in [2.05, 4.69) is 0 Å². The van der Waals surface area contributed by atoms with Gasteiger partial charge in [-0.05, 0) is 49.2 Å². The van der Waals surface area contributed by atoms with Crippen LogP contribution in [0.1, 0.15) is 43.0 Å². The van der Waals surface area contributed by atoms with Crippen molar-refractivity contribution in [2.24, 2.45) is 0 Å². The Morgan fingerprint density at radius 3 is 2.08 bits per heavy atom. The lowest BCUT2D eigenvalue weighted by Crippen LogP contribution is -2.34. The molecule has 0 aromatic heterocycles. The molecule has 0 atom stereocenters. The van der Waals surface area contributed by atoms with Gasteiger partial charge in [-0.3, -0.25) is 9.59 Å². The van der Waals surface area contributed by atoms with E-state index in [9.17, 15) is 27.9 Å². The van der Waals surface area contributed by atoms with Crippen LogP contribution in [-0.4, -0.2) is 53.9 Å². The molecule has 6 nitrogen and oxygen atoms in total. The summed E-state index contributed by atoms with van der Waals surface area (Å²) < 4.78 is 43.8. The van der Waals surface area contributed by atoms with E-state index in [0.717, 1.165) is 29.7 Å². The number of fused-ring (bicyclic) bond motifs is 2. The summed E-state index contributed by atoms with van der Waals surface area (Å²) in [6.07, 6.45) is -3.04. The van der Waals surface area contributed by atoms with E-state index < -0.39 is 11.7 Å². The number of likely N-dealkylation sites (N-methyl/N-ethyl adjacent to an activating group) is 2. The van der Waals surface area contributed by atoms with Crippen LogP contribution in [0.25, 0.3) is 0 Å². The number of amides is 2. The van der Waals surface area contributed by atoms with Gasteiger partial charge in [-0.25, -0.2) is 0 Å². The van der Waals surface area contributed by atoms with E-state index in [1.165, 1.54) is 6.07 Å². The highest BCUT2D eigenvalue weighted by Crippen LogP contribution is 2.33. The van der Waals surface area contributed by atoms with Crippen molar-refractivity contribution in [1.82, 2.24) is 9.80 Å². The molecular weight excluding hydrogens is 521 g/mol. The van der Waals surface area contributed by atoms with Gasteiger partial charge in [0.25, 0.3) is 11.8 Å². The predicted molar refractivity (Wildman–Crippen MR) is 137 cm³/mol. The molecule has 0 saturated heterocycles. The lowest BCUT2D eigenvalue weighted by molar-refractivity contribution is -0.137. The molecule has 1 N–H and O–H groups in total. The van der Waals surface area contributed by atoms with Gasteiger partial charge in [-0.2, -0.15) is 13.2 Å². The zero-order valence-corrected chi connectivity index (χ0v) is 21.6. The number of benzene rings is 3. The number of rotatable bonds is 3. The molecule has 0 aliphatic carbocycles. The molecule has 200 valence electrons. The smallest absolute Gasteiger partial charge is 0.416 e. The maximum atomic E-state index is 12.7. The zero-order chi connectivity index (χ0) is 27.6. The number of alkyl halides is 3. The number of hydrogen-bond acceptors (Lipinski definition) is 4. The summed E-state index contributed by atoms with van der Waals surface area (Å²) in [7, 11) is 3.51. The average Bonchev–Trinajstić information content (AvgIpc) is 2.88. The molecule has 10 heteroatoms. The van der Waals surface area contributed by atoms with Gasteiger partial charge in [0.05, 0.1) is 5.56 Å². The van der Waals surface area contributed by atoms with Crippen LogP contribution in [-0.2, 0) is 25.6 Å². The molecule has 0 radical (unpaired) electrons. The molecule has 3 aromatic rings. The summed E-state index contributed by atoms with van der Waals surface area (Å²) in [5, 5.41) is 9.49. The Kier molecular flexibility index (Phi) is 7.87. The summed E-state index contributed by atoms with van der Waals surface area (Å²) >= 11 is 5.95. The van der Waals surface area contributed by atoms with Crippen molar-refractivity contribution in [2.45, 2.75) is 25.6 Å². The minimum absolute atomic E-state index is 0.00264. The van der Waals surface area contributed by atoms with E-state index in [0.29, 0.717) is 42.0 Å². The van der Waals surface area contributed by atoms with Gasteiger partial charge in [-0.15, -0.1) is 0 Å². The average molecular weight is 547 g/mol. The lowest BCUT2D eigenvalue weighted by atomic mass is 9.98. The summed E-state index contributed by atoms with van der Waals surface area (Å²) in [6, 6.07) is 13.5. The standard InChI is InChI=1S/C18H15ClF3NO2.C10H11NO2/c1-23-8-7-13-14(17(23)24)3-2-4-16(13)25-10-11-5-6-12(9-15(11)19)18(20,21)22;1-11-6-5-7-8(10(11)13)3-2-4-9(7)12/h2-6,9H,7-8,10H2,1H3;2-4,12H,5-6H2,1H3. The topological polar surface area (TPSA) is 70.1 Å². The van der Waals surface area contributed by atoms with Gasteiger partial charge in [0.2, 0.25) is 0 Å². The Morgan fingerprint density at radius 2 is 1.47 bits per heavy atom. The molecule has 2 heterocycles. The maximum Gasteiger partial charge on any atom is 0.416 e. The predicted octanol–water partition coefficient (Wildman–Crippen LogP) is 5.59. The van der Waals surface area contributed by atoms with Crippen LogP contribution in [0.3, 0.4) is 0 Å². The molecule has 0 saturated carbocycles. The van der Waals surface area contributed by atoms with Gasteiger partial charge in [0, 0.05) is 60.0 Å². The molecule has 5 rings (SSSR count). The first-order chi connectivity index (χ1) is 18.0. The van der Waals surface area contributed by atoms with E-state index >= 15 is 0 Å². The fraction of sp³-hybridized carbons (Fsp3) is 0.286. The van der Waals surface area contributed by atoms with Crippen LogP contribution < -0.4 is 4.74 Å². The molecule has 3 aromatic carbocycles. The normalized spacial score (nSPS) is 14.9. The van der Waals surface area contributed by atoms with Gasteiger partial charge in [0.1, 0.15) is 18.1 Å². The third kappa shape index (κ3) is 5.72. The Labute approximate surface area is 223 Å². The molecule has 0 unspecified atom stereocenters. The monoisotopic (exact) mass is 546 g/mol. The summed E-state index contributed by atoms with van der Waals surface area (Å²) in [4.78, 5) is 27.1. The fourth-order valence-corrected chi connectivity index (χ4v) is 4.60. The van der Waals surface area contributed by atoms with Crippen LogP contribution in [0.15, 0.2) is 54.6 Å². The zero-order valence-electron chi connectivity index (χ0n) is 20.8. The largest absolute Gasteiger partial charge is 0.508 e. The Balaban J connectivity index is 0.000000216. The molecule has 0 fully saturated rings. The number of phenols is 1. The molecule has 2 amide bonds. The number of halogens is 4. The van der Waals surface area contributed by atoms with Gasteiger partial charge in [0.15, 0.2) is 0 Å². The van der Waals surface area contributed by atoms with Crippen molar-refractivity contribution < 1.29 is 32.6 Å². The van der Waals surface area contributed by atoms with Crippen LogP contribution >= 0.6 is 11.6 Å². The summed E-state index contributed by atoms with van der Waals surface area (Å²) in [5.41, 5.74) is 2.47. The highest BCUT2D eigenvalue weighted by molar-refractivity contribution is 6.31. The number of hydrogen-bond donors (Lipinski definition) is 1. The van der Waals surface area contributed by atoms with Crippen molar-refractivity contribution in [3.05, 3.63) is 93.0 Å². The van der Waals surface area contributed by atoms with Crippen LogP contribution in [0.5, 0.6) is 11.5 Å². The molecule has 0 bridgehead atoms. The number of carbonyl (C=O) groups excluding carboxylic acids is 2. The number of aromatic hydroxyl groups is 1. The van der Waals surface area contributed by atoms with Gasteiger partial charge >= 0.3 is 6.18 Å². The number of phenolic OH excluding ortho intramolecular Hbond substituents is 1. The number of nitrogens with zero attached hydrogens (tertiary/aromatic N) is 2. The number of ether oxygens (including phenoxy) is 1. The second kappa shape index (κ2) is 10.9. The van der Waals surface area contributed by atoms with E-state index in [1.807, 2.05) is 0 Å². The van der Waals surface area contributed by atoms with Crippen molar-refractivity contribution in [2.75, 3.05) is 27.2 Å². The minimum atomic E-state index is -4.44. The lowest BCUT2D eigenvalue weighted by Gasteiger charge is -2.26. The first kappa shape index (κ1) is 27.3. The minimum Gasteiger partial charge on any atom is -0.508 e. The quantitative estimate of drug-likeness (QED) is 0.465. The third-order valence-corrected chi connectivity index (χ3v) is 6.95. The SMILES string of the molecule is CN1CCc2c(O)cccc2C1=O.CN1CCc2c(OCc3ccc(C(F)(F)F)cc3Cl)cccc2C1=O. The van der Waals surface area contributed by atoms with Crippen LogP contribution in [0, 0.1) is 0 Å². The van der Waals surface area contributed by atoms with Crippen molar-refractivity contribution in [1.29, 1.82) is 0 Å². The molecule has 2 aliphatic heterocycles. The highest BCUT2D eigenvalue weighted by atomic mass is 35.5. The van der Waals surface area contributed by atoms with E-state index in [-0.39, 0.29) is 29.2 Å². The first-order valence-corrected chi connectivity index (χ1v) is 12.3. The third-order valence-electron chi connectivity index (χ3n) is 6.60. The van der Waals surface area contributed by atoms with E-state index in [4.69, 9.17) is 16.3 Å². The van der Waals surface area contributed by atoms with Crippen LogP contribution in [0.4, 0.5) is 13.2 Å². The van der Waals surface area contributed by atoms with Gasteiger partial charge < -0.3 is 19.6 Å². The molecule has 0 spiro atoms. The van der Waals surface area contributed by atoms with Crippen LogP contribution in [0.2, 0.25) is 5.02 Å². The Bertz CT molecular complexity index is 1380. The maximum absolute atomic E-state index is 12.7. The molecular formula is C28H26ClF3N2O4. The highest BCUT2D eigenvalue weighted by Gasteiger charge is 2.31. The summed E-state index contributed by atoms with van der Waals surface area (Å²) in [5.74, 6) is 0.713. The second-order valence-corrected chi connectivity index (χ2v) is 9.54. The Hall–Kier alpha value is -3.72. The van der Waals surface area contributed by atoms with Gasteiger partial charge in [-0.1, -0.05) is 29.8 Å². The van der Waals surface area contributed by atoms with E-state index in [1.54, 1.807) is 60.3 Å². The Morgan fingerprint density at radius 1 is 0.895 bits per heavy atom. The van der Waals surface area contributed by atoms with Crippen molar-refractivity contribution in [3.8, 4) is 11.5 Å². The number of carbonyl (C=O) groups is 2. The molecule has 2 aliphatic rings. The second-order valence-electron chi connectivity index (χ2n) is 9.13.